The minimum atomic E-state index is -2.94. The van der Waals surface area contributed by atoms with Gasteiger partial charge in [0, 0.05) is 5.56 Å². The van der Waals surface area contributed by atoms with Gasteiger partial charge in [-0.15, -0.1) is 0 Å². The van der Waals surface area contributed by atoms with Crippen molar-refractivity contribution < 1.29 is 23.0 Å². The lowest BCUT2D eigenvalue weighted by atomic mass is 10.1. The van der Waals surface area contributed by atoms with Crippen molar-refractivity contribution in [2.75, 3.05) is 7.11 Å². The monoisotopic (exact) mass is 308 g/mol. The molecule has 0 atom stereocenters. The first-order chi connectivity index (χ1) is 7.95. The van der Waals surface area contributed by atoms with Gasteiger partial charge in [0.15, 0.2) is 0 Å². The molecule has 0 aromatic heterocycles. The minimum Gasteiger partial charge on any atom is -0.469 e. The Bertz CT molecular complexity index is 421. The molecule has 0 amide bonds. The van der Waals surface area contributed by atoms with Gasteiger partial charge in [0.05, 0.1) is 18.0 Å². The highest BCUT2D eigenvalue weighted by atomic mass is 79.9. The van der Waals surface area contributed by atoms with Crippen LogP contribution in [0.1, 0.15) is 11.1 Å². The van der Waals surface area contributed by atoms with Crippen LogP contribution in [0, 0.1) is 6.92 Å². The van der Waals surface area contributed by atoms with Crippen molar-refractivity contribution in [3.8, 4) is 5.75 Å². The van der Waals surface area contributed by atoms with Crippen molar-refractivity contribution in [1.82, 2.24) is 0 Å². The van der Waals surface area contributed by atoms with E-state index in [2.05, 4.69) is 25.4 Å². The molecule has 3 nitrogen and oxygen atoms in total. The van der Waals surface area contributed by atoms with Crippen LogP contribution in [0.5, 0.6) is 5.75 Å². The molecule has 0 unspecified atom stereocenters. The number of methoxy groups -OCH3 is 1. The largest absolute Gasteiger partial charge is 0.469 e. The van der Waals surface area contributed by atoms with Crippen LogP contribution in [0.3, 0.4) is 0 Å². The fourth-order valence-corrected chi connectivity index (χ4v) is 1.76. The average Bonchev–Trinajstić information content (AvgIpc) is 2.28. The summed E-state index contributed by atoms with van der Waals surface area (Å²) >= 11 is 3.16. The summed E-state index contributed by atoms with van der Waals surface area (Å²) in [6.45, 7) is -1.20. The fraction of sp³-hybridized carbons (Fsp3) is 0.364. The van der Waals surface area contributed by atoms with Crippen LogP contribution in [0.2, 0.25) is 0 Å². The highest BCUT2D eigenvalue weighted by Gasteiger charge is 2.17. The topological polar surface area (TPSA) is 35.5 Å². The van der Waals surface area contributed by atoms with E-state index in [0.717, 1.165) is 5.56 Å². The van der Waals surface area contributed by atoms with E-state index in [-0.39, 0.29) is 12.2 Å². The molecule has 0 aliphatic heterocycles. The van der Waals surface area contributed by atoms with Crippen molar-refractivity contribution in [1.29, 1.82) is 0 Å². The average molecular weight is 309 g/mol. The number of halogens is 3. The molecule has 0 fully saturated rings. The molecule has 94 valence electrons. The summed E-state index contributed by atoms with van der Waals surface area (Å²) < 4.78 is 33.9. The summed E-state index contributed by atoms with van der Waals surface area (Å²) in [7, 11) is 1.24. The summed E-state index contributed by atoms with van der Waals surface area (Å²) in [5.41, 5.74) is 1.10. The molecule has 0 aliphatic carbocycles. The first-order valence-corrected chi connectivity index (χ1v) is 5.54. The minimum absolute atomic E-state index is 0.0228. The van der Waals surface area contributed by atoms with Gasteiger partial charge in [0.2, 0.25) is 0 Å². The van der Waals surface area contributed by atoms with E-state index in [1.807, 2.05) is 0 Å². The summed E-state index contributed by atoms with van der Waals surface area (Å²) in [5.74, 6) is -0.537. The Labute approximate surface area is 106 Å². The van der Waals surface area contributed by atoms with Gasteiger partial charge in [-0.25, -0.2) is 0 Å². The molecule has 0 bridgehead atoms. The van der Waals surface area contributed by atoms with Crippen molar-refractivity contribution in [2.24, 2.45) is 0 Å². The molecule has 0 N–H and O–H groups in total. The predicted molar refractivity (Wildman–Crippen MR) is 61.2 cm³/mol. The number of benzene rings is 1. The molecule has 1 aromatic carbocycles. The van der Waals surface area contributed by atoms with Crippen LogP contribution in [0.15, 0.2) is 16.6 Å². The van der Waals surface area contributed by atoms with Crippen LogP contribution in [0.25, 0.3) is 0 Å². The number of esters is 1. The maximum absolute atomic E-state index is 12.3. The quantitative estimate of drug-likeness (QED) is 0.802. The number of carbonyl (C=O) groups is 1. The smallest absolute Gasteiger partial charge is 0.387 e. The number of alkyl halides is 2. The van der Waals surface area contributed by atoms with E-state index in [1.165, 1.54) is 7.11 Å². The molecule has 6 heteroatoms. The Morgan fingerprint density at radius 2 is 2.12 bits per heavy atom. The summed E-state index contributed by atoms with van der Waals surface area (Å²) in [4.78, 5) is 11.1. The van der Waals surface area contributed by atoms with E-state index in [0.29, 0.717) is 10.0 Å². The number of ether oxygens (including phenoxy) is 2. The van der Waals surface area contributed by atoms with E-state index < -0.39 is 12.6 Å². The Hall–Kier alpha value is -1.17. The Morgan fingerprint density at radius 1 is 1.47 bits per heavy atom. The summed E-state index contributed by atoms with van der Waals surface area (Å²) in [6, 6.07) is 3.27. The second-order valence-electron chi connectivity index (χ2n) is 3.32. The molecular formula is C11H11BrF2O3. The summed E-state index contributed by atoms with van der Waals surface area (Å²) in [5, 5.41) is 0. The molecule has 0 saturated heterocycles. The predicted octanol–water partition coefficient (Wildman–Crippen LogP) is 3.07. The normalized spacial score (nSPS) is 10.5. The number of carbonyl (C=O) groups excluding carboxylic acids is 1. The van der Waals surface area contributed by atoms with Crippen molar-refractivity contribution in [3.05, 3.63) is 27.7 Å². The van der Waals surface area contributed by atoms with Crippen LogP contribution in [0.4, 0.5) is 8.78 Å². The first kappa shape index (κ1) is 13.9. The zero-order valence-electron chi connectivity index (χ0n) is 9.30. The lowest BCUT2D eigenvalue weighted by molar-refractivity contribution is -0.139. The van der Waals surface area contributed by atoms with Gasteiger partial charge in [0.1, 0.15) is 5.75 Å². The third kappa shape index (κ3) is 3.66. The highest BCUT2D eigenvalue weighted by molar-refractivity contribution is 9.10. The van der Waals surface area contributed by atoms with Crippen LogP contribution in [-0.4, -0.2) is 19.7 Å². The van der Waals surface area contributed by atoms with E-state index in [1.54, 1.807) is 19.1 Å². The van der Waals surface area contributed by atoms with E-state index in [4.69, 9.17) is 0 Å². The standard InChI is InChI=1S/C11H11BrF2O3/c1-6-3-4-7(5-8(15)16-2)10(9(6)12)17-11(13)14/h3-4,11H,5H2,1-2H3. The van der Waals surface area contributed by atoms with Crippen LogP contribution in [-0.2, 0) is 16.0 Å². The van der Waals surface area contributed by atoms with Crippen molar-refractivity contribution in [2.45, 2.75) is 20.0 Å². The lowest BCUT2D eigenvalue weighted by Gasteiger charge is -2.13. The Morgan fingerprint density at radius 3 is 2.65 bits per heavy atom. The van der Waals surface area contributed by atoms with Crippen LogP contribution >= 0.6 is 15.9 Å². The van der Waals surface area contributed by atoms with Gasteiger partial charge in [0.25, 0.3) is 0 Å². The molecule has 0 heterocycles. The van der Waals surface area contributed by atoms with Crippen LogP contribution < -0.4 is 4.74 Å². The number of hydrogen-bond donors (Lipinski definition) is 0. The highest BCUT2D eigenvalue weighted by Crippen LogP contribution is 2.33. The molecule has 0 saturated carbocycles. The molecule has 17 heavy (non-hydrogen) atoms. The number of rotatable bonds is 4. The maximum Gasteiger partial charge on any atom is 0.387 e. The van der Waals surface area contributed by atoms with Crippen molar-refractivity contribution in [3.63, 3.8) is 0 Å². The van der Waals surface area contributed by atoms with Crippen molar-refractivity contribution >= 4 is 21.9 Å². The van der Waals surface area contributed by atoms with Gasteiger partial charge in [-0.2, -0.15) is 8.78 Å². The second kappa shape index (κ2) is 5.95. The number of aryl methyl sites for hydroxylation is 1. The zero-order chi connectivity index (χ0) is 13.0. The molecule has 1 rings (SSSR count). The summed E-state index contributed by atoms with van der Waals surface area (Å²) in [6.07, 6.45) is -0.114. The Kier molecular flexibility index (Phi) is 4.86. The molecule has 0 aliphatic rings. The molecule has 0 radical (unpaired) electrons. The lowest BCUT2D eigenvalue weighted by Crippen LogP contribution is -2.10. The Balaban J connectivity index is 3.10. The number of hydrogen-bond acceptors (Lipinski definition) is 3. The van der Waals surface area contributed by atoms with Gasteiger partial charge in [-0.3, -0.25) is 4.79 Å². The molecular weight excluding hydrogens is 298 g/mol. The van der Waals surface area contributed by atoms with Gasteiger partial charge in [-0.05, 0) is 28.4 Å². The first-order valence-electron chi connectivity index (χ1n) is 4.75. The zero-order valence-corrected chi connectivity index (χ0v) is 10.9. The third-order valence-corrected chi connectivity index (χ3v) is 3.13. The molecule has 1 aromatic rings. The van der Waals surface area contributed by atoms with Gasteiger partial charge in [-0.1, -0.05) is 12.1 Å². The van der Waals surface area contributed by atoms with Gasteiger partial charge < -0.3 is 9.47 Å². The maximum atomic E-state index is 12.3. The fourth-order valence-electron chi connectivity index (χ4n) is 1.28. The van der Waals surface area contributed by atoms with Gasteiger partial charge >= 0.3 is 12.6 Å². The molecule has 0 spiro atoms. The van der Waals surface area contributed by atoms with E-state index in [9.17, 15) is 13.6 Å². The third-order valence-electron chi connectivity index (χ3n) is 2.14. The van der Waals surface area contributed by atoms with E-state index >= 15 is 0 Å². The second-order valence-corrected chi connectivity index (χ2v) is 4.11. The SMILES string of the molecule is COC(=O)Cc1ccc(C)c(Br)c1OC(F)F.